The molecule has 0 aromatic heterocycles. The number of piperidine rings is 3. The van der Waals surface area contributed by atoms with Crippen LogP contribution in [0.2, 0.25) is 0 Å². The zero-order valence-corrected chi connectivity index (χ0v) is 15.0. The number of nitrogens with zero attached hydrogens (tertiary/aromatic N) is 1. The molecule has 1 amide bonds. The summed E-state index contributed by atoms with van der Waals surface area (Å²) >= 11 is 0. The Morgan fingerprint density at radius 2 is 1.81 bits per heavy atom. The lowest BCUT2D eigenvalue weighted by atomic mass is 9.79. The summed E-state index contributed by atoms with van der Waals surface area (Å²) in [5, 5.41) is 3.25. The molecule has 0 spiro atoms. The molecule has 2 unspecified atom stereocenters. The van der Waals surface area contributed by atoms with E-state index in [9.17, 15) is 4.79 Å². The number of hydrogen-bond acceptors (Lipinski definition) is 4. The third kappa shape index (κ3) is 3.27. The number of anilines is 1. The van der Waals surface area contributed by atoms with Gasteiger partial charge in [-0.05, 0) is 75.2 Å². The molecule has 5 heteroatoms. The third-order valence-electron chi connectivity index (χ3n) is 5.74. The van der Waals surface area contributed by atoms with Crippen molar-refractivity contribution in [1.29, 1.82) is 0 Å². The quantitative estimate of drug-likeness (QED) is 0.830. The maximum absolute atomic E-state index is 12.7. The van der Waals surface area contributed by atoms with Gasteiger partial charge in [-0.2, -0.15) is 0 Å². The van der Waals surface area contributed by atoms with Gasteiger partial charge in [0.25, 0.3) is 5.91 Å². The molecule has 5 rings (SSSR count). The summed E-state index contributed by atoms with van der Waals surface area (Å²) in [7, 11) is 0. The van der Waals surface area contributed by atoms with E-state index >= 15 is 0 Å². The summed E-state index contributed by atoms with van der Waals surface area (Å²) in [5.41, 5.74) is 7.14. The van der Waals surface area contributed by atoms with E-state index in [0.29, 0.717) is 34.7 Å². The molecule has 3 N–H and O–H groups in total. The first kappa shape index (κ1) is 16.9. The van der Waals surface area contributed by atoms with Crippen LogP contribution in [0.25, 0.3) is 0 Å². The van der Waals surface area contributed by atoms with Gasteiger partial charge >= 0.3 is 0 Å². The zero-order valence-electron chi connectivity index (χ0n) is 15.0. The third-order valence-corrected chi connectivity index (χ3v) is 5.74. The fraction of sp³-hybridized carbons (Fsp3) is 0.381. The van der Waals surface area contributed by atoms with Crippen molar-refractivity contribution in [2.45, 2.75) is 31.8 Å². The highest BCUT2D eigenvalue weighted by Crippen LogP contribution is 2.32. The molecule has 5 nitrogen and oxygen atoms in total. The highest BCUT2D eigenvalue weighted by atomic mass is 16.5. The van der Waals surface area contributed by atoms with Crippen molar-refractivity contribution in [3.63, 3.8) is 0 Å². The van der Waals surface area contributed by atoms with Crippen LogP contribution in [0.15, 0.2) is 48.5 Å². The van der Waals surface area contributed by atoms with Crippen LogP contribution in [0.4, 0.5) is 5.69 Å². The van der Waals surface area contributed by atoms with Gasteiger partial charge in [0.1, 0.15) is 11.5 Å². The summed E-state index contributed by atoms with van der Waals surface area (Å²) in [6.45, 7) is 4.54. The molecule has 3 aliphatic rings. The molecule has 0 aliphatic carbocycles. The Kier molecular flexibility index (Phi) is 4.55. The Labute approximate surface area is 154 Å². The first-order valence-corrected chi connectivity index (χ1v) is 9.29. The minimum absolute atomic E-state index is 0.0126. The normalized spacial score (nSPS) is 27.1. The number of carbonyl (C=O) groups is 1. The number of fused-ring (bicyclic) bond motifs is 3. The first-order chi connectivity index (χ1) is 12.6. The summed E-state index contributed by atoms with van der Waals surface area (Å²) < 4.78 is 5.79. The minimum atomic E-state index is -0.0126. The van der Waals surface area contributed by atoms with Crippen molar-refractivity contribution in [2.24, 2.45) is 5.92 Å². The molecule has 26 heavy (non-hydrogen) atoms. The molecule has 0 saturated carbocycles. The molecule has 2 atom stereocenters. The number of para-hydroxylation sites is 2. The van der Waals surface area contributed by atoms with E-state index in [1.165, 1.54) is 12.8 Å². The van der Waals surface area contributed by atoms with Crippen molar-refractivity contribution in [2.75, 3.05) is 18.8 Å². The number of carbonyl (C=O) groups excluding carboxylic acids is 1. The SMILES string of the molecule is CC1C(NC(=O)c2ccc(Oc3ccccc3N)cc2)C2CCN1CC2. The van der Waals surface area contributed by atoms with Crippen LogP contribution >= 0.6 is 0 Å². The fourth-order valence-electron chi connectivity index (χ4n) is 4.15. The Hall–Kier alpha value is -2.53. The van der Waals surface area contributed by atoms with Crippen LogP contribution in [0, 0.1) is 5.92 Å². The summed E-state index contributed by atoms with van der Waals surface area (Å²) in [5.74, 6) is 1.87. The van der Waals surface area contributed by atoms with Gasteiger partial charge in [0.05, 0.1) is 5.69 Å². The topological polar surface area (TPSA) is 67.6 Å². The van der Waals surface area contributed by atoms with E-state index in [2.05, 4.69) is 17.1 Å². The van der Waals surface area contributed by atoms with Gasteiger partial charge in [0, 0.05) is 17.6 Å². The highest BCUT2D eigenvalue weighted by molar-refractivity contribution is 5.94. The molecule has 136 valence electrons. The van der Waals surface area contributed by atoms with Gasteiger partial charge < -0.3 is 15.8 Å². The van der Waals surface area contributed by atoms with E-state index < -0.39 is 0 Å². The molecule has 3 fully saturated rings. The number of benzene rings is 2. The minimum Gasteiger partial charge on any atom is -0.455 e. The van der Waals surface area contributed by atoms with E-state index in [0.717, 1.165) is 13.1 Å². The number of nitrogen functional groups attached to an aromatic ring is 1. The van der Waals surface area contributed by atoms with Gasteiger partial charge in [-0.15, -0.1) is 0 Å². The first-order valence-electron chi connectivity index (χ1n) is 9.29. The number of nitrogens with one attached hydrogen (secondary N) is 1. The lowest BCUT2D eigenvalue weighted by molar-refractivity contribution is 0.0217. The summed E-state index contributed by atoms with van der Waals surface area (Å²) in [4.78, 5) is 15.1. The van der Waals surface area contributed by atoms with Crippen LogP contribution in [-0.4, -0.2) is 36.0 Å². The van der Waals surface area contributed by atoms with Gasteiger partial charge in [0.15, 0.2) is 0 Å². The molecule has 2 aromatic carbocycles. The smallest absolute Gasteiger partial charge is 0.251 e. The number of hydrogen-bond donors (Lipinski definition) is 2. The van der Waals surface area contributed by atoms with E-state index in [1.54, 1.807) is 30.3 Å². The van der Waals surface area contributed by atoms with Gasteiger partial charge in [0.2, 0.25) is 0 Å². The second kappa shape index (κ2) is 7.00. The average Bonchev–Trinajstić information content (AvgIpc) is 2.67. The predicted molar refractivity (Wildman–Crippen MR) is 102 cm³/mol. The van der Waals surface area contributed by atoms with Crippen molar-refractivity contribution in [1.82, 2.24) is 10.2 Å². The summed E-state index contributed by atoms with van der Waals surface area (Å²) in [6, 6.07) is 15.2. The van der Waals surface area contributed by atoms with Crippen LogP contribution in [0.5, 0.6) is 11.5 Å². The van der Waals surface area contributed by atoms with Crippen LogP contribution in [0.1, 0.15) is 30.1 Å². The molecule has 2 aromatic rings. The van der Waals surface area contributed by atoms with Crippen molar-refractivity contribution < 1.29 is 9.53 Å². The van der Waals surface area contributed by atoms with Crippen LogP contribution < -0.4 is 15.8 Å². The fourth-order valence-corrected chi connectivity index (χ4v) is 4.15. The lowest BCUT2D eigenvalue weighted by Crippen LogP contribution is -2.62. The number of amides is 1. The van der Waals surface area contributed by atoms with Gasteiger partial charge in [-0.25, -0.2) is 0 Å². The number of rotatable bonds is 4. The van der Waals surface area contributed by atoms with Crippen molar-refractivity contribution in [3.05, 3.63) is 54.1 Å². The van der Waals surface area contributed by atoms with E-state index in [-0.39, 0.29) is 11.9 Å². The Bertz CT molecular complexity index is 780. The molecule has 3 aliphatic heterocycles. The maximum atomic E-state index is 12.7. The summed E-state index contributed by atoms with van der Waals surface area (Å²) in [6.07, 6.45) is 2.36. The number of nitrogens with two attached hydrogens (primary N) is 1. The monoisotopic (exact) mass is 351 g/mol. The van der Waals surface area contributed by atoms with Crippen LogP contribution in [-0.2, 0) is 0 Å². The molecule has 2 bridgehead atoms. The van der Waals surface area contributed by atoms with Crippen molar-refractivity contribution in [3.8, 4) is 11.5 Å². The molecule has 0 radical (unpaired) electrons. The second-order valence-electron chi connectivity index (χ2n) is 7.28. The Morgan fingerprint density at radius 1 is 1.12 bits per heavy atom. The maximum Gasteiger partial charge on any atom is 0.251 e. The lowest BCUT2D eigenvalue weighted by Gasteiger charge is -2.49. The second-order valence-corrected chi connectivity index (χ2v) is 7.28. The highest BCUT2D eigenvalue weighted by Gasteiger charge is 2.40. The average molecular weight is 351 g/mol. The molecular weight excluding hydrogens is 326 g/mol. The Balaban J connectivity index is 1.42. The van der Waals surface area contributed by atoms with Gasteiger partial charge in [-0.1, -0.05) is 12.1 Å². The Morgan fingerprint density at radius 3 is 2.46 bits per heavy atom. The molecule has 3 heterocycles. The molecule has 3 saturated heterocycles. The van der Waals surface area contributed by atoms with E-state index in [1.807, 2.05) is 18.2 Å². The van der Waals surface area contributed by atoms with Crippen LogP contribution in [0.3, 0.4) is 0 Å². The van der Waals surface area contributed by atoms with E-state index in [4.69, 9.17) is 10.5 Å². The van der Waals surface area contributed by atoms with Crippen molar-refractivity contribution >= 4 is 11.6 Å². The largest absolute Gasteiger partial charge is 0.455 e. The zero-order chi connectivity index (χ0) is 18.1. The predicted octanol–water partition coefficient (Wildman–Crippen LogP) is 3.27. The van der Waals surface area contributed by atoms with Gasteiger partial charge in [-0.3, -0.25) is 9.69 Å². The standard InChI is InChI=1S/C21H25N3O2/c1-14-20(15-10-12-24(14)13-11-15)23-21(25)16-6-8-17(9-7-16)26-19-5-3-2-4-18(19)22/h2-9,14-15,20H,10-13,22H2,1H3,(H,23,25). The number of ether oxygens (including phenoxy) is 1. The molecular formula is C21H25N3O2.